The first kappa shape index (κ1) is 17.7. The molecule has 1 saturated heterocycles. The molecule has 1 unspecified atom stereocenters. The highest BCUT2D eigenvalue weighted by molar-refractivity contribution is 5.88. The second-order valence-corrected chi connectivity index (χ2v) is 7.27. The van der Waals surface area contributed by atoms with Gasteiger partial charge in [-0.2, -0.15) is 0 Å². The van der Waals surface area contributed by atoms with Crippen LogP contribution in [0, 0.1) is 0 Å². The number of fused-ring (bicyclic) bond motifs is 1. The number of benzene rings is 2. The first-order valence-corrected chi connectivity index (χ1v) is 9.47. The highest BCUT2D eigenvalue weighted by atomic mass is 16.5. The molecule has 0 saturated carbocycles. The number of aromatic nitrogens is 2. The summed E-state index contributed by atoms with van der Waals surface area (Å²) in [5.41, 5.74) is 2.53. The van der Waals surface area contributed by atoms with Gasteiger partial charge in [-0.15, -0.1) is 0 Å². The van der Waals surface area contributed by atoms with E-state index >= 15 is 0 Å². The lowest BCUT2D eigenvalue weighted by Gasteiger charge is -2.37. The summed E-state index contributed by atoms with van der Waals surface area (Å²) in [5.74, 6) is 0.913. The van der Waals surface area contributed by atoms with Crippen molar-refractivity contribution in [3.8, 4) is 0 Å². The normalized spacial score (nSPS) is 17.6. The standard InChI is InChI=1S/C22H25N3O2/c1-16(20-24-18-10-6-7-11-19(18)25(20)2)23-21(26)22(12-14-27-15-13-22)17-8-4-3-5-9-17/h3-11,16H,12-15H2,1-2H3,(H,23,26). The van der Waals surface area contributed by atoms with E-state index in [9.17, 15) is 4.79 Å². The summed E-state index contributed by atoms with van der Waals surface area (Å²) in [6.07, 6.45) is 1.39. The predicted molar refractivity (Wildman–Crippen MR) is 105 cm³/mol. The molecular formula is C22H25N3O2. The third-order valence-corrected chi connectivity index (χ3v) is 5.66. The summed E-state index contributed by atoms with van der Waals surface area (Å²) in [7, 11) is 1.99. The number of aryl methyl sites for hydroxylation is 1. The van der Waals surface area contributed by atoms with E-state index in [0.717, 1.165) is 22.4 Å². The lowest BCUT2D eigenvalue weighted by Crippen LogP contribution is -2.48. The molecule has 1 aliphatic heterocycles. The zero-order chi connectivity index (χ0) is 18.9. The molecule has 1 N–H and O–H groups in total. The summed E-state index contributed by atoms with van der Waals surface area (Å²) in [6, 6.07) is 17.9. The van der Waals surface area contributed by atoms with Gasteiger partial charge in [0.05, 0.1) is 22.5 Å². The first-order valence-electron chi connectivity index (χ1n) is 9.47. The van der Waals surface area contributed by atoms with E-state index in [1.54, 1.807) is 0 Å². The lowest BCUT2D eigenvalue weighted by atomic mass is 9.73. The summed E-state index contributed by atoms with van der Waals surface area (Å²) >= 11 is 0. The van der Waals surface area contributed by atoms with Crippen molar-refractivity contribution in [2.75, 3.05) is 13.2 Å². The Kier molecular flexibility index (Phi) is 4.70. The number of carbonyl (C=O) groups is 1. The summed E-state index contributed by atoms with van der Waals surface area (Å²) in [4.78, 5) is 18.2. The van der Waals surface area contributed by atoms with Gasteiger partial charge in [-0.1, -0.05) is 42.5 Å². The van der Waals surface area contributed by atoms with Crippen LogP contribution in [0.4, 0.5) is 0 Å². The van der Waals surface area contributed by atoms with Crippen molar-refractivity contribution in [1.29, 1.82) is 0 Å². The van der Waals surface area contributed by atoms with Gasteiger partial charge < -0.3 is 14.6 Å². The molecule has 3 aromatic rings. The Labute approximate surface area is 159 Å². The average Bonchev–Trinajstić information content (AvgIpc) is 3.06. The highest BCUT2D eigenvalue weighted by Gasteiger charge is 2.42. The zero-order valence-corrected chi connectivity index (χ0v) is 15.8. The number of carbonyl (C=O) groups excluding carboxylic acids is 1. The lowest BCUT2D eigenvalue weighted by molar-refractivity contribution is -0.131. The van der Waals surface area contributed by atoms with Gasteiger partial charge in [0, 0.05) is 20.3 Å². The third-order valence-electron chi connectivity index (χ3n) is 5.66. The van der Waals surface area contributed by atoms with Gasteiger partial charge in [0.25, 0.3) is 0 Å². The molecule has 0 aliphatic carbocycles. The largest absolute Gasteiger partial charge is 0.381 e. The van der Waals surface area contributed by atoms with Crippen LogP contribution in [0.1, 0.15) is 37.2 Å². The zero-order valence-electron chi connectivity index (χ0n) is 15.8. The van der Waals surface area contributed by atoms with Crippen LogP contribution in [0.3, 0.4) is 0 Å². The van der Waals surface area contributed by atoms with Crippen LogP contribution in [-0.2, 0) is 22.0 Å². The van der Waals surface area contributed by atoms with Crippen LogP contribution in [0.5, 0.6) is 0 Å². The number of ether oxygens (including phenoxy) is 1. The van der Waals surface area contributed by atoms with E-state index in [4.69, 9.17) is 9.72 Å². The van der Waals surface area contributed by atoms with Crippen LogP contribution >= 0.6 is 0 Å². The van der Waals surface area contributed by atoms with Crippen LogP contribution in [0.25, 0.3) is 11.0 Å². The topological polar surface area (TPSA) is 56.1 Å². The van der Waals surface area contributed by atoms with E-state index in [0.29, 0.717) is 26.1 Å². The fraction of sp³-hybridized carbons (Fsp3) is 0.364. The maximum atomic E-state index is 13.4. The molecule has 5 heteroatoms. The Morgan fingerprint density at radius 1 is 1.11 bits per heavy atom. The molecule has 1 atom stereocenters. The maximum absolute atomic E-state index is 13.4. The van der Waals surface area contributed by atoms with E-state index in [2.05, 4.69) is 9.88 Å². The first-order chi connectivity index (χ1) is 13.1. The predicted octanol–water partition coefficient (Wildman–Crippen LogP) is 3.50. The Hall–Kier alpha value is -2.66. The molecule has 2 heterocycles. The molecule has 1 aromatic heterocycles. The monoisotopic (exact) mass is 363 g/mol. The number of hydrogen-bond donors (Lipinski definition) is 1. The molecule has 5 nitrogen and oxygen atoms in total. The molecule has 1 fully saturated rings. The average molecular weight is 363 g/mol. The Balaban J connectivity index is 1.63. The fourth-order valence-corrected chi connectivity index (χ4v) is 4.07. The van der Waals surface area contributed by atoms with Gasteiger partial charge in [0.15, 0.2) is 0 Å². The number of nitrogens with one attached hydrogen (secondary N) is 1. The van der Waals surface area contributed by atoms with E-state index < -0.39 is 5.41 Å². The Bertz CT molecular complexity index is 943. The van der Waals surface area contributed by atoms with E-state index in [-0.39, 0.29) is 11.9 Å². The fourth-order valence-electron chi connectivity index (χ4n) is 4.07. The van der Waals surface area contributed by atoms with Crippen molar-refractivity contribution in [3.63, 3.8) is 0 Å². The third kappa shape index (κ3) is 3.12. The highest BCUT2D eigenvalue weighted by Crippen LogP contribution is 2.35. The Morgan fingerprint density at radius 2 is 1.78 bits per heavy atom. The molecule has 2 aromatic carbocycles. The minimum absolute atomic E-state index is 0.0524. The van der Waals surface area contributed by atoms with E-state index in [1.165, 1.54) is 0 Å². The van der Waals surface area contributed by atoms with Gasteiger partial charge in [-0.25, -0.2) is 4.98 Å². The maximum Gasteiger partial charge on any atom is 0.231 e. The minimum Gasteiger partial charge on any atom is -0.381 e. The number of imidazole rings is 1. The van der Waals surface area contributed by atoms with Crippen molar-refractivity contribution in [2.45, 2.75) is 31.2 Å². The van der Waals surface area contributed by atoms with Crippen molar-refractivity contribution in [1.82, 2.24) is 14.9 Å². The van der Waals surface area contributed by atoms with Gasteiger partial charge in [0.2, 0.25) is 5.91 Å². The molecule has 1 amide bonds. The van der Waals surface area contributed by atoms with Crippen molar-refractivity contribution in [3.05, 3.63) is 66.0 Å². The SMILES string of the molecule is CC(NC(=O)C1(c2ccccc2)CCOCC1)c1nc2ccccc2n1C. The molecule has 0 spiro atoms. The summed E-state index contributed by atoms with van der Waals surface area (Å²) in [5, 5.41) is 3.23. The second-order valence-electron chi connectivity index (χ2n) is 7.27. The number of para-hydroxylation sites is 2. The molecule has 0 radical (unpaired) electrons. The molecule has 0 bridgehead atoms. The molecule has 140 valence electrons. The number of rotatable bonds is 4. The van der Waals surface area contributed by atoms with Gasteiger partial charge in [-0.3, -0.25) is 4.79 Å². The number of amides is 1. The van der Waals surface area contributed by atoms with Crippen LogP contribution in [-0.4, -0.2) is 28.7 Å². The molecule has 4 rings (SSSR count). The van der Waals surface area contributed by atoms with Crippen LogP contribution < -0.4 is 5.32 Å². The van der Waals surface area contributed by atoms with Crippen LogP contribution in [0.2, 0.25) is 0 Å². The molecule has 1 aliphatic rings. The van der Waals surface area contributed by atoms with Crippen molar-refractivity contribution in [2.24, 2.45) is 7.05 Å². The van der Waals surface area contributed by atoms with Crippen LogP contribution in [0.15, 0.2) is 54.6 Å². The van der Waals surface area contributed by atoms with Gasteiger partial charge >= 0.3 is 0 Å². The molecule has 27 heavy (non-hydrogen) atoms. The van der Waals surface area contributed by atoms with E-state index in [1.807, 2.05) is 68.6 Å². The number of nitrogens with zero attached hydrogens (tertiary/aromatic N) is 2. The smallest absolute Gasteiger partial charge is 0.231 e. The van der Waals surface area contributed by atoms with Gasteiger partial charge in [-0.05, 0) is 37.5 Å². The summed E-state index contributed by atoms with van der Waals surface area (Å²) < 4.78 is 7.60. The second kappa shape index (κ2) is 7.16. The minimum atomic E-state index is -0.543. The summed E-state index contributed by atoms with van der Waals surface area (Å²) in [6.45, 7) is 3.20. The van der Waals surface area contributed by atoms with Crippen molar-refractivity contribution < 1.29 is 9.53 Å². The molecular weight excluding hydrogens is 338 g/mol. The van der Waals surface area contributed by atoms with Gasteiger partial charge in [0.1, 0.15) is 5.82 Å². The number of hydrogen-bond acceptors (Lipinski definition) is 3. The van der Waals surface area contributed by atoms with Crippen molar-refractivity contribution >= 4 is 16.9 Å². The Morgan fingerprint density at radius 3 is 2.48 bits per heavy atom. The quantitative estimate of drug-likeness (QED) is 0.772.